The molecule has 0 aromatic heterocycles. The highest BCUT2D eigenvalue weighted by Gasteiger charge is 2.27. The summed E-state index contributed by atoms with van der Waals surface area (Å²) in [7, 11) is 0. The Morgan fingerprint density at radius 3 is 2.48 bits per heavy atom. The lowest BCUT2D eigenvalue weighted by Gasteiger charge is -2.39. The average Bonchev–Trinajstić information content (AvgIpc) is 2.69. The molecule has 25 heavy (non-hydrogen) atoms. The van der Waals surface area contributed by atoms with Gasteiger partial charge >= 0.3 is 0 Å². The van der Waals surface area contributed by atoms with E-state index >= 15 is 0 Å². The highest BCUT2D eigenvalue weighted by molar-refractivity contribution is 7.99. The van der Waals surface area contributed by atoms with E-state index in [2.05, 4.69) is 41.0 Å². The molecule has 1 N–H and O–H groups in total. The highest BCUT2D eigenvalue weighted by atomic mass is 32.2. The average molecular weight is 361 g/mol. The van der Waals surface area contributed by atoms with Crippen LogP contribution < -0.4 is 5.32 Å². The van der Waals surface area contributed by atoms with Crippen LogP contribution in [0.2, 0.25) is 0 Å². The Morgan fingerprint density at radius 2 is 1.84 bits per heavy atom. The molecule has 0 spiro atoms. The third-order valence-corrected chi connectivity index (χ3v) is 6.90. The molecule has 1 aromatic rings. The van der Waals surface area contributed by atoms with Crippen molar-refractivity contribution in [3.63, 3.8) is 0 Å². The second-order valence-corrected chi connectivity index (χ2v) is 8.66. The van der Waals surface area contributed by atoms with Crippen molar-refractivity contribution in [2.24, 2.45) is 5.92 Å². The van der Waals surface area contributed by atoms with Gasteiger partial charge in [-0.05, 0) is 68.2 Å². The van der Waals surface area contributed by atoms with Gasteiger partial charge in [-0.1, -0.05) is 37.3 Å². The van der Waals surface area contributed by atoms with Gasteiger partial charge in [0.15, 0.2) is 0 Å². The van der Waals surface area contributed by atoms with Crippen LogP contribution in [-0.2, 0) is 4.79 Å². The molecular weight excluding hydrogens is 328 g/mol. The second-order valence-electron chi connectivity index (χ2n) is 7.44. The zero-order valence-electron chi connectivity index (χ0n) is 15.5. The molecular formula is C21H32N2OS. The molecule has 1 amide bonds. The van der Waals surface area contributed by atoms with Crippen LogP contribution in [0.25, 0.3) is 0 Å². The Morgan fingerprint density at radius 1 is 1.16 bits per heavy atom. The van der Waals surface area contributed by atoms with Crippen LogP contribution >= 0.6 is 11.8 Å². The summed E-state index contributed by atoms with van der Waals surface area (Å²) in [4.78, 5) is 15.3. The van der Waals surface area contributed by atoms with Crippen molar-refractivity contribution in [3.8, 4) is 0 Å². The van der Waals surface area contributed by atoms with E-state index < -0.39 is 0 Å². The van der Waals surface area contributed by atoms with Crippen LogP contribution in [0.3, 0.4) is 0 Å². The third kappa shape index (κ3) is 5.24. The fraction of sp³-hybridized carbons (Fsp3) is 0.667. The lowest BCUT2D eigenvalue weighted by molar-refractivity contribution is -0.122. The van der Waals surface area contributed by atoms with E-state index in [0.29, 0.717) is 5.92 Å². The number of carbonyl (C=O) groups excluding carboxylic acids is 1. The third-order valence-electron chi connectivity index (χ3n) is 5.85. The topological polar surface area (TPSA) is 32.3 Å². The summed E-state index contributed by atoms with van der Waals surface area (Å²) in [6.07, 6.45) is 6.04. The number of hydrogen-bond acceptors (Lipinski definition) is 3. The van der Waals surface area contributed by atoms with Crippen molar-refractivity contribution < 1.29 is 4.79 Å². The zero-order chi connectivity index (χ0) is 17.5. The van der Waals surface area contributed by atoms with E-state index in [1.807, 2.05) is 18.2 Å². The number of likely N-dealkylation sites (tertiary alicyclic amines) is 1. The molecule has 1 atom stereocenters. The number of nitrogens with one attached hydrogen (secondary N) is 1. The number of benzene rings is 1. The Labute approximate surface area is 156 Å². The summed E-state index contributed by atoms with van der Waals surface area (Å²) < 4.78 is 0. The first-order valence-corrected chi connectivity index (χ1v) is 11.1. The molecule has 2 aliphatic heterocycles. The Balaban J connectivity index is 1.42. The number of piperidine rings is 1. The first-order chi connectivity index (χ1) is 12.3. The molecule has 3 nitrogen and oxygen atoms in total. The lowest BCUT2D eigenvalue weighted by atomic mass is 9.93. The Bertz CT molecular complexity index is 522. The van der Waals surface area contributed by atoms with Crippen LogP contribution in [0, 0.1) is 5.92 Å². The number of carbonyl (C=O) groups is 1. The minimum atomic E-state index is -0.0129. The van der Waals surface area contributed by atoms with Gasteiger partial charge in [-0.15, -0.1) is 0 Å². The van der Waals surface area contributed by atoms with E-state index in [4.69, 9.17) is 0 Å². The van der Waals surface area contributed by atoms with Crippen LogP contribution in [-0.4, -0.2) is 48.0 Å². The van der Waals surface area contributed by atoms with Crippen molar-refractivity contribution >= 4 is 17.7 Å². The number of nitrogens with zero attached hydrogens (tertiary/aromatic N) is 1. The van der Waals surface area contributed by atoms with Gasteiger partial charge in [0.1, 0.15) is 0 Å². The first-order valence-electron chi connectivity index (χ1n) is 9.92. The van der Waals surface area contributed by atoms with Crippen molar-refractivity contribution in [3.05, 3.63) is 35.9 Å². The Hall–Kier alpha value is -1.00. The molecule has 4 heteroatoms. The largest absolute Gasteiger partial charge is 0.355 e. The molecule has 2 fully saturated rings. The maximum atomic E-state index is 12.6. The molecule has 0 saturated carbocycles. The van der Waals surface area contributed by atoms with E-state index in [9.17, 15) is 4.79 Å². The minimum Gasteiger partial charge on any atom is -0.355 e. The molecule has 0 bridgehead atoms. The predicted molar refractivity (Wildman–Crippen MR) is 107 cm³/mol. The van der Waals surface area contributed by atoms with Gasteiger partial charge in [0.2, 0.25) is 5.91 Å². The van der Waals surface area contributed by atoms with E-state index in [-0.39, 0.29) is 11.8 Å². The predicted octanol–water partition coefficient (Wildman–Crippen LogP) is 3.90. The zero-order valence-corrected chi connectivity index (χ0v) is 16.3. The van der Waals surface area contributed by atoms with Gasteiger partial charge in [-0.3, -0.25) is 4.79 Å². The van der Waals surface area contributed by atoms with Crippen LogP contribution in [0.15, 0.2) is 30.3 Å². The van der Waals surface area contributed by atoms with Gasteiger partial charge in [-0.2, -0.15) is 11.8 Å². The summed E-state index contributed by atoms with van der Waals surface area (Å²) in [5.74, 6) is 3.49. The quantitative estimate of drug-likeness (QED) is 0.835. The summed E-state index contributed by atoms with van der Waals surface area (Å²) in [6.45, 7) is 5.37. The van der Waals surface area contributed by atoms with Gasteiger partial charge < -0.3 is 10.2 Å². The first kappa shape index (κ1) is 18.8. The van der Waals surface area contributed by atoms with Gasteiger partial charge in [0, 0.05) is 12.6 Å². The summed E-state index contributed by atoms with van der Waals surface area (Å²) >= 11 is 2.10. The summed E-state index contributed by atoms with van der Waals surface area (Å²) in [6, 6.07) is 11.0. The monoisotopic (exact) mass is 360 g/mol. The maximum Gasteiger partial charge on any atom is 0.227 e. The van der Waals surface area contributed by atoms with Crippen LogP contribution in [0.4, 0.5) is 0 Å². The number of thioether (sulfide) groups is 1. The minimum absolute atomic E-state index is 0.0129. The fourth-order valence-electron chi connectivity index (χ4n) is 4.20. The number of hydrogen-bond donors (Lipinski definition) is 1. The van der Waals surface area contributed by atoms with Crippen molar-refractivity contribution in [1.29, 1.82) is 0 Å². The molecule has 2 saturated heterocycles. The van der Waals surface area contributed by atoms with E-state index in [0.717, 1.165) is 24.6 Å². The lowest BCUT2D eigenvalue weighted by Crippen LogP contribution is -2.45. The SMILES string of the molecule is CC[C@H](C(=O)NCC1CCN(C2CCSCC2)CC1)c1ccccc1. The van der Waals surface area contributed by atoms with Gasteiger partial charge in [0.05, 0.1) is 5.92 Å². The summed E-state index contributed by atoms with van der Waals surface area (Å²) in [5.41, 5.74) is 1.13. The molecule has 0 radical (unpaired) electrons. The molecule has 138 valence electrons. The highest BCUT2D eigenvalue weighted by Crippen LogP contribution is 2.26. The fourth-order valence-corrected chi connectivity index (χ4v) is 5.28. The molecule has 0 unspecified atom stereocenters. The Kier molecular flexibility index (Phi) is 7.23. The van der Waals surface area contributed by atoms with Gasteiger partial charge in [-0.25, -0.2) is 0 Å². The van der Waals surface area contributed by atoms with Crippen LogP contribution in [0.5, 0.6) is 0 Å². The second kappa shape index (κ2) is 9.63. The van der Waals surface area contributed by atoms with E-state index in [1.165, 1.54) is 50.3 Å². The molecule has 2 heterocycles. The normalized spacial score (nSPS) is 21.8. The van der Waals surface area contributed by atoms with Crippen molar-refractivity contribution in [2.45, 2.75) is 51.0 Å². The van der Waals surface area contributed by atoms with E-state index in [1.54, 1.807) is 0 Å². The molecule has 2 aliphatic rings. The number of rotatable bonds is 6. The summed E-state index contributed by atoms with van der Waals surface area (Å²) in [5, 5.41) is 3.24. The van der Waals surface area contributed by atoms with Crippen molar-refractivity contribution in [2.75, 3.05) is 31.1 Å². The molecule has 1 aromatic carbocycles. The number of amides is 1. The van der Waals surface area contributed by atoms with Crippen LogP contribution in [0.1, 0.15) is 50.5 Å². The standard InChI is InChI=1S/C21H32N2OS/c1-2-20(18-6-4-3-5-7-18)21(24)22-16-17-8-12-23(13-9-17)19-10-14-25-15-11-19/h3-7,17,19-20H,2,8-16H2,1H3,(H,22,24)/t20-/m0/s1. The maximum absolute atomic E-state index is 12.6. The smallest absolute Gasteiger partial charge is 0.227 e. The van der Waals surface area contributed by atoms with Crippen molar-refractivity contribution in [1.82, 2.24) is 10.2 Å². The molecule has 0 aliphatic carbocycles. The molecule has 3 rings (SSSR count). The van der Waals surface area contributed by atoms with Gasteiger partial charge in [0.25, 0.3) is 0 Å².